The van der Waals surface area contributed by atoms with Gasteiger partial charge in [0.15, 0.2) is 11.5 Å². The van der Waals surface area contributed by atoms with Crippen LogP contribution in [0.1, 0.15) is 38.8 Å². The molecule has 5 nitrogen and oxygen atoms in total. The van der Waals surface area contributed by atoms with Crippen LogP contribution < -0.4 is 18.9 Å². The van der Waals surface area contributed by atoms with Crippen LogP contribution in [0, 0.1) is 0 Å². The van der Waals surface area contributed by atoms with Crippen molar-refractivity contribution in [3.05, 3.63) is 47.5 Å². The maximum absolute atomic E-state index is 6.41. The van der Waals surface area contributed by atoms with E-state index in [9.17, 15) is 0 Å². The number of ether oxygens (including phenoxy) is 4. The fourth-order valence-corrected chi connectivity index (χ4v) is 4.10. The van der Waals surface area contributed by atoms with Crippen LogP contribution in [0.5, 0.6) is 23.0 Å². The lowest BCUT2D eigenvalue weighted by molar-refractivity contribution is 0.146. The quantitative estimate of drug-likeness (QED) is 0.485. The highest BCUT2D eigenvalue weighted by molar-refractivity contribution is 5.90. The molecule has 30 heavy (non-hydrogen) atoms. The number of fused-ring (bicyclic) bond motifs is 5. The Kier molecular flexibility index (Phi) is 3.28. The third-order valence-electron chi connectivity index (χ3n) is 5.62. The number of hydrogen-bond donors (Lipinski definition) is 0. The summed E-state index contributed by atoms with van der Waals surface area (Å²) in [6.07, 6.45) is 8.33. The van der Waals surface area contributed by atoms with Crippen molar-refractivity contribution in [2.75, 3.05) is 6.79 Å². The van der Waals surface area contributed by atoms with E-state index in [-0.39, 0.29) is 12.4 Å². The first-order valence-electron chi connectivity index (χ1n) is 10.1. The van der Waals surface area contributed by atoms with Crippen molar-refractivity contribution >= 4 is 23.1 Å². The van der Waals surface area contributed by atoms with E-state index in [2.05, 4.69) is 30.4 Å². The lowest BCUT2D eigenvalue weighted by atomic mass is 9.92. The van der Waals surface area contributed by atoms with Crippen LogP contribution in [0.15, 0.2) is 40.8 Å². The smallest absolute Gasteiger partial charge is 0.231 e. The molecule has 3 aliphatic rings. The van der Waals surface area contributed by atoms with E-state index in [1.54, 1.807) is 0 Å². The summed E-state index contributed by atoms with van der Waals surface area (Å²) in [5.41, 5.74) is 2.79. The van der Waals surface area contributed by atoms with Crippen molar-refractivity contribution in [2.45, 2.75) is 38.9 Å². The molecular formula is C25H22O5. The molecule has 0 spiro atoms. The summed E-state index contributed by atoms with van der Waals surface area (Å²) < 4.78 is 30.0. The van der Waals surface area contributed by atoms with Gasteiger partial charge in [0, 0.05) is 17.0 Å². The van der Waals surface area contributed by atoms with E-state index in [1.807, 2.05) is 45.9 Å². The van der Waals surface area contributed by atoms with Gasteiger partial charge in [-0.1, -0.05) is 6.08 Å². The maximum Gasteiger partial charge on any atom is 0.231 e. The third-order valence-corrected chi connectivity index (χ3v) is 5.62. The Hall–Kier alpha value is -3.34. The molecule has 0 unspecified atom stereocenters. The average molecular weight is 402 g/mol. The van der Waals surface area contributed by atoms with Gasteiger partial charge in [-0.15, -0.1) is 0 Å². The van der Waals surface area contributed by atoms with Crippen LogP contribution in [0.4, 0.5) is 0 Å². The summed E-state index contributed by atoms with van der Waals surface area (Å²) in [5.74, 6) is 3.78. The minimum absolute atomic E-state index is 0.241. The van der Waals surface area contributed by atoms with Crippen molar-refractivity contribution in [1.29, 1.82) is 0 Å². The van der Waals surface area contributed by atoms with Crippen LogP contribution in [0.2, 0.25) is 0 Å². The topological polar surface area (TPSA) is 50.1 Å². The third kappa shape index (κ3) is 2.61. The van der Waals surface area contributed by atoms with Crippen molar-refractivity contribution in [3.63, 3.8) is 0 Å². The second kappa shape index (κ2) is 5.63. The highest BCUT2D eigenvalue weighted by atomic mass is 16.7. The minimum Gasteiger partial charge on any atom is -0.482 e. The fraction of sp³-hybridized carbons (Fsp3) is 0.280. The van der Waals surface area contributed by atoms with Gasteiger partial charge in [-0.05, 0) is 64.1 Å². The Morgan fingerprint density at radius 3 is 2.27 bits per heavy atom. The Morgan fingerprint density at radius 2 is 1.47 bits per heavy atom. The standard InChI is InChI=1S/C25H22O5/c1-24(2)7-5-14-9-17(23-16(22(14)29-24)6-8-25(3,4)30-23)19-10-15-11-20-21(27-13-26-20)12-18(15)28-19/h5-12H,13H2,1-4H3. The van der Waals surface area contributed by atoms with E-state index in [1.165, 1.54) is 0 Å². The first-order valence-corrected chi connectivity index (χ1v) is 10.1. The largest absolute Gasteiger partial charge is 0.482 e. The molecule has 152 valence electrons. The van der Waals surface area contributed by atoms with E-state index in [0.717, 1.165) is 50.7 Å². The molecule has 0 saturated heterocycles. The number of hydrogen-bond acceptors (Lipinski definition) is 5. The van der Waals surface area contributed by atoms with Crippen molar-refractivity contribution in [1.82, 2.24) is 0 Å². The fourth-order valence-electron chi connectivity index (χ4n) is 4.10. The molecule has 3 aromatic rings. The van der Waals surface area contributed by atoms with Gasteiger partial charge >= 0.3 is 0 Å². The van der Waals surface area contributed by atoms with Gasteiger partial charge in [-0.2, -0.15) is 0 Å². The predicted molar refractivity (Wildman–Crippen MR) is 115 cm³/mol. The molecule has 3 aliphatic heterocycles. The van der Waals surface area contributed by atoms with Gasteiger partial charge in [0.2, 0.25) is 6.79 Å². The number of benzene rings is 2. The molecule has 0 N–H and O–H groups in total. The van der Waals surface area contributed by atoms with Crippen LogP contribution in [0.25, 0.3) is 34.4 Å². The lowest BCUT2D eigenvalue weighted by Gasteiger charge is -2.34. The molecule has 2 aromatic carbocycles. The van der Waals surface area contributed by atoms with Gasteiger partial charge in [-0.3, -0.25) is 0 Å². The molecule has 4 heterocycles. The van der Waals surface area contributed by atoms with Crippen molar-refractivity contribution in [2.24, 2.45) is 0 Å². The van der Waals surface area contributed by atoms with Crippen LogP contribution >= 0.6 is 0 Å². The molecule has 6 rings (SSSR count). The highest BCUT2D eigenvalue weighted by Crippen LogP contribution is 2.49. The van der Waals surface area contributed by atoms with Crippen LogP contribution in [0.3, 0.4) is 0 Å². The molecule has 5 heteroatoms. The molecule has 0 amide bonds. The predicted octanol–water partition coefficient (Wildman–Crippen LogP) is 6.20. The summed E-state index contributed by atoms with van der Waals surface area (Å²) in [7, 11) is 0. The normalized spacial score (nSPS) is 19.2. The minimum atomic E-state index is -0.426. The molecular weight excluding hydrogens is 380 g/mol. The number of furan rings is 1. The Morgan fingerprint density at radius 1 is 0.767 bits per heavy atom. The van der Waals surface area contributed by atoms with Crippen LogP contribution in [-0.4, -0.2) is 18.0 Å². The first-order chi connectivity index (χ1) is 14.3. The second-order valence-corrected chi connectivity index (χ2v) is 9.02. The molecule has 0 saturated carbocycles. The molecule has 0 fully saturated rings. The maximum atomic E-state index is 6.41. The molecule has 0 atom stereocenters. The summed E-state index contributed by atoms with van der Waals surface area (Å²) in [6.45, 7) is 8.42. The van der Waals surface area contributed by atoms with Gasteiger partial charge < -0.3 is 23.4 Å². The monoisotopic (exact) mass is 402 g/mol. The first kappa shape index (κ1) is 17.5. The lowest BCUT2D eigenvalue weighted by Crippen LogP contribution is -2.31. The van der Waals surface area contributed by atoms with Gasteiger partial charge in [0.25, 0.3) is 0 Å². The summed E-state index contributed by atoms with van der Waals surface area (Å²) >= 11 is 0. The van der Waals surface area contributed by atoms with Gasteiger partial charge in [0.05, 0.1) is 11.1 Å². The zero-order chi connectivity index (χ0) is 20.7. The van der Waals surface area contributed by atoms with Crippen LogP contribution in [-0.2, 0) is 0 Å². The Labute approximate surface area is 174 Å². The van der Waals surface area contributed by atoms with E-state index in [0.29, 0.717) is 5.75 Å². The molecule has 0 radical (unpaired) electrons. The SMILES string of the molecule is CC1(C)C=Cc2cc(-c3cc4cc5c(cc4o3)OCO5)c3c(c2O1)C=CC(C)(C)O3. The number of rotatable bonds is 1. The van der Waals surface area contributed by atoms with E-state index >= 15 is 0 Å². The summed E-state index contributed by atoms with van der Waals surface area (Å²) in [4.78, 5) is 0. The van der Waals surface area contributed by atoms with E-state index < -0.39 is 5.60 Å². The summed E-state index contributed by atoms with van der Waals surface area (Å²) in [6, 6.07) is 7.92. The van der Waals surface area contributed by atoms with E-state index in [4.69, 9.17) is 23.4 Å². The second-order valence-electron chi connectivity index (χ2n) is 9.02. The van der Waals surface area contributed by atoms with Gasteiger partial charge in [0.1, 0.15) is 34.0 Å². The Balaban J connectivity index is 1.58. The highest BCUT2D eigenvalue weighted by Gasteiger charge is 2.33. The average Bonchev–Trinajstić information content (AvgIpc) is 3.29. The molecule has 0 aliphatic carbocycles. The van der Waals surface area contributed by atoms with Crippen molar-refractivity contribution < 1.29 is 23.4 Å². The Bertz CT molecular complexity index is 1230. The van der Waals surface area contributed by atoms with Gasteiger partial charge in [-0.25, -0.2) is 0 Å². The van der Waals surface area contributed by atoms with Crippen molar-refractivity contribution in [3.8, 4) is 34.3 Å². The zero-order valence-corrected chi connectivity index (χ0v) is 17.4. The summed E-state index contributed by atoms with van der Waals surface area (Å²) in [5, 5.41) is 0.958. The molecule has 0 bridgehead atoms. The zero-order valence-electron chi connectivity index (χ0n) is 17.4. The molecule has 1 aromatic heterocycles.